The number of rotatable bonds is 19. The van der Waals surface area contributed by atoms with E-state index in [1.165, 1.54) is 57.6 Å². The Bertz CT molecular complexity index is 1090. The molecule has 0 heterocycles. The lowest BCUT2D eigenvalue weighted by atomic mass is 10.1. The molecule has 8 nitrogen and oxygen atoms in total. The third kappa shape index (κ3) is 13.7. The van der Waals surface area contributed by atoms with Crippen molar-refractivity contribution in [1.82, 2.24) is 10.7 Å². The van der Waals surface area contributed by atoms with Crippen LogP contribution in [0.1, 0.15) is 99.9 Å². The Morgan fingerprint density at radius 2 is 1.48 bits per heavy atom. The van der Waals surface area contributed by atoms with Crippen molar-refractivity contribution in [2.24, 2.45) is 5.10 Å². The molecule has 2 aromatic carbocycles. The van der Waals surface area contributed by atoms with E-state index in [-0.39, 0.29) is 18.2 Å². The van der Waals surface area contributed by atoms with Crippen molar-refractivity contribution in [3.63, 3.8) is 0 Å². The predicted octanol–water partition coefficient (Wildman–Crippen LogP) is 6.94. The van der Waals surface area contributed by atoms with Gasteiger partial charge in [-0.15, -0.1) is 0 Å². The van der Waals surface area contributed by atoms with Crippen molar-refractivity contribution in [2.75, 3.05) is 13.7 Å². The summed E-state index contributed by atoms with van der Waals surface area (Å²) in [4.78, 5) is 36.7. The quantitative estimate of drug-likeness (QED) is 0.0585. The minimum Gasteiger partial charge on any atom is -0.497 e. The Kier molecular flexibility index (Phi) is 16.3. The van der Waals surface area contributed by atoms with Crippen LogP contribution in [0.5, 0.6) is 11.5 Å². The van der Waals surface area contributed by atoms with Crippen molar-refractivity contribution in [2.45, 2.75) is 84.0 Å². The summed E-state index contributed by atoms with van der Waals surface area (Å²) in [5.41, 5.74) is 3.24. The van der Waals surface area contributed by atoms with E-state index < -0.39 is 11.9 Å². The average molecular weight is 617 g/mol. The average Bonchev–Trinajstić information content (AvgIpc) is 2.96. The highest BCUT2D eigenvalue weighted by Crippen LogP contribution is 2.23. The molecular weight excluding hydrogens is 574 g/mol. The Labute approximate surface area is 246 Å². The first-order chi connectivity index (χ1) is 19.4. The van der Waals surface area contributed by atoms with E-state index >= 15 is 0 Å². The Hall–Kier alpha value is -3.20. The summed E-state index contributed by atoms with van der Waals surface area (Å²) in [5.74, 6) is -0.217. The van der Waals surface area contributed by atoms with Crippen LogP contribution >= 0.6 is 15.9 Å². The molecule has 0 spiro atoms. The molecule has 0 saturated heterocycles. The predicted molar refractivity (Wildman–Crippen MR) is 162 cm³/mol. The van der Waals surface area contributed by atoms with Gasteiger partial charge in [0.15, 0.2) is 0 Å². The molecule has 0 aromatic heterocycles. The first-order valence-electron chi connectivity index (χ1n) is 14.2. The summed E-state index contributed by atoms with van der Waals surface area (Å²) in [7, 11) is 1.55. The molecular formula is C31H42BrN3O5. The fourth-order valence-corrected chi connectivity index (χ4v) is 4.41. The fraction of sp³-hybridized carbons (Fsp3) is 0.484. The number of amides is 2. The second kappa shape index (κ2) is 19.8. The van der Waals surface area contributed by atoms with Crippen LogP contribution in [0.3, 0.4) is 0 Å². The van der Waals surface area contributed by atoms with Crippen molar-refractivity contribution in [3.05, 3.63) is 58.1 Å². The molecule has 2 aromatic rings. The maximum Gasteiger partial charge on any atom is 0.343 e. The lowest BCUT2D eigenvalue weighted by molar-refractivity contribution is -0.126. The molecule has 9 heteroatoms. The molecule has 2 rings (SSSR count). The summed E-state index contributed by atoms with van der Waals surface area (Å²) in [6.07, 6.45) is 15.2. The van der Waals surface area contributed by atoms with Gasteiger partial charge in [0.2, 0.25) is 5.91 Å². The topological polar surface area (TPSA) is 106 Å². The molecule has 0 aliphatic carbocycles. The molecule has 0 aliphatic heterocycles. The highest BCUT2D eigenvalue weighted by Gasteiger charge is 2.12. The number of hydrazone groups is 1. The fourth-order valence-electron chi connectivity index (χ4n) is 4.03. The zero-order valence-electron chi connectivity index (χ0n) is 23.7. The van der Waals surface area contributed by atoms with Gasteiger partial charge in [0, 0.05) is 16.5 Å². The highest BCUT2D eigenvalue weighted by molar-refractivity contribution is 9.10. The smallest absolute Gasteiger partial charge is 0.343 e. The third-order valence-electron chi connectivity index (χ3n) is 6.35. The third-order valence-corrected chi connectivity index (χ3v) is 6.84. The number of carbonyl (C=O) groups is 3. The summed E-state index contributed by atoms with van der Waals surface area (Å²) < 4.78 is 11.4. The van der Waals surface area contributed by atoms with Gasteiger partial charge in [0.25, 0.3) is 5.91 Å². The maximum atomic E-state index is 12.5. The number of nitrogens with one attached hydrogen (secondary N) is 2. The molecule has 0 saturated carbocycles. The van der Waals surface area contributed by atoms with Gasteiger partial charge in [0.1, 0.15) is 11.5 Å². The van der Waals surface area contributed by atoms with Crippen LogP contribution in [-0.2, 0) is 9.59 Å². The molecule has 0 radical (unpaired) electrons. The maximum absolute atomic E-state index is 12.5. The van der Waals surface area contributed by atoms with Gasteiger partial charge in [-0.2, -0.15) is 5.10 Å². The second-order valence-corrected chi connectivity index (χ2v) is 10.6. The minimum atomic E-state index is -0.538. The van der Waals surface area contributed by atoms with Gasteiger partial charge in [-0.25, -0.2) is 10.2 Å². The monoisotopic (exact) mass is 615 g/mol. The van der Waals surface area contributed by atoms with Crippen LogP contribution in [-0.4, -0.2) is 37.7 Å². The largest absolute Gasteiger partial charge is 0.497 e. The van der Waals surface area contributed by atoms with Gasteiger partial charge in [-0.3, -0.25) is 9.59 Å². The zero-order chi connectivity index (χ0) is 29.0. The number of carbonyl (C=O) groups excluding carboxylic acids is 3. The second-order valence-electron chi connectivity index (χ2n) is 9.66. The van der Waals surface area contributed by atoms with Crippen molar-refractivity contribution in [1.29, 1.82) is 0 Å². The van der Waals surface area contributed by atoms with E-state index in [0.29, 0.717) is 23.3 Å². The molecule has 0 aliphatic rings. The van der Waals surface area contributed by atoms with Crippen LogP contribution in [0.4, 0.5) is 0 Å². The zero-order valence-corrected chi connectivity index (χ0v) is 25.3. The highest BCUT2D eigenvalue weighted by atomic mass is 79.9. The molecule has 0 fully saturated rings. The van der Waals surface area contributed by atoms with Gasteiger partial charge >= 0.3 is 5.97 Å². The van der Waals surface area contributed by atoms with E-state index in [9.17, 15) is 14.4 Å². The van der Waals surface area contributed by atoms with E-state index in [0.717, 1.165) is 23.7 Å². The molecule has 0 atom stereocenters. The molecule has 2 N–H and O–H groups in total. The normalized spacial score (nSPS) is 10.9. The van der Waals surface area contributed by atoms with Gasteiger partial charge in [-0.1, -0.05) is 87.1 Å². The first kappa shape index (κ1) is 33.0. The number of halogens is 1. The number of unbranched alkanes of at least 4 members (excludes halogenated alkanes) is 10. The Balaban J connectivity index is 1.66. The van der Waals surface area contributed by atoms with Gasteiger partial charge in [-0.05, 0) is 48.9 Å². The number of benzene rings is 2. The van der Waals surface area contributed by atoms with Crippen molar-refractivity contribution < 1.29 is 23.9 Å². The summed E-state index contributed by atoms with van der Waals surface area (Å²) in [6, 6.07) is 11.6. The standard InChI is InChI=1S/C31H42BrN3O5/c1-3-4-5-6-7-8-9-10-11-12-13-14-29(36)33-23-30(37)35-34-22-25-21-26(32)17-20-28(25)40-31(38)24-15-18-27(39-2)19-16-24/h15-22H,3-14,23H2,1-2H3,(H,33,36)(H,35,37)/b34-22-. The first-order valence-corrected chi connectivity index (χ1v) is 15.0. The van der Waals surface area contributed by atoms with Crippen LogP contribution in [0, 0.1) is 0 Å². The lowest BCUT2D eigenvalue weighted by Gasteiger charge is -2.09. The number of nitrogens with zero attached hydrogens (tertiary/aromatic N) is 1. The Morgan fingerprint density at radius 1 is 0.850 bits per heavy atom. The van der Waals surface area contributed by atoms with Crippen molar-refractivity contribution >= 4 is 39.9 Å². The summed E-state index contributed by atoms with van der Waals surface area (Å²) in [6.45, 7) is 2.08. The summed E-state index contributed by atoms with van der Waals surface area (Å²) in [5, 5.41) is 6.58. The van der Waals surface area contributed by atoms with E-state index in [4.69, 9.17) is 9.47 Å². The molecule has 0 bridgehead atoms. The van der Waals surface area contributed by atoms with Crippen LogP contribution in [0.2, 0.25) is 0 Å². The van der Waals surface area contributed by atoms with E-state index in [1.807, 2.05) is 0 Å². The van der Waals surface area contributed by atoms with E-state index in [1.54, 1.807) is 49.6 Å². The molecule has 218 valence electrons. The van der Waals surface area contributed by atoms with Crippen LogP contribution in [0.25, 0.3) is 0 Å². The number of hydrogen-bond donors (Lipinski definition) is 2. The number of methoxy groups -OCH3 is 1. The van der Waals surface area contributed by atoms with Crippen molar-refractivity contribution in [3.8, 4) is 11.5 Å². The Morgan fingerprint density at radius 3 is 2.10 bits per heavy atom. The lowest BCUT2D eigenvalue weighted by Crippen LogP contribution is -2.34. The number of hydrogen-bond acceptors (Lipinski definition) is 6. The molecule has 0 unspecified atom stereocenters. The van der Waals surface area contributed by atoms with E-state index in [2.05, 4.69) is 38.7 Å². The SMILES string of the molecule is CCCCCCCCCCCCCC(=O)NCC(=O)N/N=C\c1cc(Br)ccc1OC(=O)c1ccc(OC)cc1. The minimum absolute atomic E-state index is 0.144. The number of ether oxygens (including phenoxy) is 2. The summed E-state index contributed by atoms with van der Waals surface area (Å²) >= 11 is 3.39. The van der Waals surface area contributed by atoms with Crippen LogP contribution in [0.15, 0.2) is 52.0 Å². The number of esters is 1. The van der Waals surface area contributed by atoms with Gasteiger partial charge in [0.05, 0.1) is 25.4 Å². The molecule has 40 heavy (non-hydrogen) atoms. The molecule has 2 amide bonds. The van der Waals surface area contributed by atoms with Crippen LogP contribution < -0.4 is 20.2 Å². The van der Waals surface area contributed by atoms with Gasteiger partial charge < -0.3 is 14.8 Å².